The van der Waals surface area contributed by atoms with Crippen molar-refractivity contribution in [1.82, 2.24) is 4.98 Å². The van der Waals surface area contributed by atoms with Crippen LogP contribution in [0.1, 0.15) is 49.4 Å². The van der Waals surface area contributed by atoms with E-state index in [1.54, 1.807) is 12.3 Å². The molecule has 4 nitrogen and oxygen atoms in total. The van der Waals surface area contributed by atoms with Crippen LogP contribution in [0.2, 0.25) is 0 Å². The molecule has 2 rings (SSSR count). The van der Waals surface area contributed by atoms with E-state index < -0.39 is 5.97 Å². The molecule has 0 saturated heterocycles. The Balaban J connectivity index is 2.20. The first-order chi connectivity index (χ1) is 9.11. The molecule has 0 spiro atoms. The highest BCUT2D eigenvalue weighted by Gasteiger charge is 2.25. The normalized spacial score (nSPS) is 23.1. The first kappa shape index (κ1) is 14.3. The van der Waals surface area contributed by atoms with Crippen LogP contribution in [0.4, 0.5) is 5.82 Å². The maximum absolute atomic E-state index is 11.3. The largest absolute Gasteiger partial charge is 0.478 e. The summed E-state index contributed by atoms with van der Waals surface area (Å²) in [4.78, 5) is 15.5. The zero-order chi connectivity index (χ0) is 13.8. The average Bonchev–Trinajstić information content (AvgIpc) is 2.41. The van der Waals surface area contributed by atoms with E-state index in [-0.39, 0.29) is 5.56 Å². The molecule has 1 aliphatic rings. The number of hydrogen-bond acceptors (Lipinski definition) is 3. The Morgan fingerprint density at radius 3 is 2.95 bits per heavy atom. The second kappa shape index (κ2) is 6.37. The van der Waals surface area contributed by atoms with E-state index in [1.807, 2.05) is 0 Å². The van der Waals surface area contributed by atoms with Crippen LogP contribution in [0.3, 0.4) is 0 Å². The molecule has 0 aromatic carbocycles. The number of nitrogens with zero attached hydrogens (tertiary/aromatic N) is 1. The van der Waals surface area contributed by atoms with Crippen LogP contribution in [0, 0.1) is 5.92 Å². The van der Waals surface area contributed by atoms with Crippen LogP contribution < -0.4 is 5.32 Å². The fourth-order valence-electron chi connectivity index (χ4n) is 2.78. The molecule has 1 fully saturated rings. The van der Waals surface area contributed by atoms with Gasteiger partial charge in [0.1, 0.15) is 11.4 Å². The standard InChI is InChI=1S/C14H19BrN2O2/c1-2-9-5-3-4-6-12(9)17-13-11(14(18)19)7-10(15)8-16-13/h7-9,12H,2-6H2,1H3,(H,16,17)(H,18,19). The van der Waals surface area contributed by atoms with E-state index in [9.17, 15) is 9.90 Å². The summed E-state index contributed by atoms with van der Waals surface area (Å²) >= 11 is 3.26. The van der Waals surface area contributed by atoms with Crippen molar-refractivity contribution in [3.8, 4) is 0 Å². The third kappa shape index (κ3) is 3.47. The molecule has 1 aliphatic carbocycles. The zero-order valence-electron chi connectivity index (χ0n) is 11.0. The lowest BCUT2D eigenvalue weighted by atomic mass is 9.83. The molecule has 2 N–H and O–H groups in total. The summed E-state index contributed by atoms with van der Waals surface area (Å²) in [5.74, 6) is 0.155. The minimum Gasteiger partial charge on any atom is -0.478 e. The third-order valence-corrected chi connectivity index (χ3v) is 4.27. The monoisotopic (exact) mass is 326 g/mol. The molecule has 0 aliphatic heterocycles. The second-order valence-electron chi connectivity index (χ2n) is 5.06. The molecular formula is C14H19BrN2O2. The van der Waals surface area contributed by atoms with Gasteiger partial charge < -0.3 is 10.4 Å². The van der Waals surface area contributed by atoms with Crippen LogP contribution in [-0.2, 0) is 0 Å². The lowest BCUT2D eigenvalue weighted by molar-refractivity contribution is 0.0697. The molecule has 19 heavy (non-hydrogen) atoms. The first-order valence-electron chi connectivity index (χ1n) is 6.77. The number of halogens is 1. The fraction of sp³-hybridized carbons (Fsp3) is 0.571. The number of rotatable bonds is 4. The number of pyridine rings is 1. The summed E-state index contributed by atoms with van der Waals surface area (Å²) in [6.07, 6.45) is 7.54. The Morgan fingerprint density at radius 2 is 2.26 bits per heavy atom. The molecule has 1 heterocycles. The number of aromatic nitrogens is 1. The van der Waals surface area contributed by atoms with E-state index >= 15 is 0 Å². The Morgan fingerprint density at radius 1 is 1.53 bits per heavy atom. The number of anilines is 1. The van der Waals surface area contributed by atoms with Gasteiger partial charge in [0.15, 0.2) is 0 Å². The highest BCUT2D eigenvalue weighted by atomic mass is 79.9. The number of hydrogen-bond donors (Lipinski definition) is 2. The molecule has 2 atom stereocenters. The summed E-state index contributed by atoms with van der Waals surface area (Å²) in [7, 11) is 0. The maximum atomic E-state index is 11.3. The van der Waals surface area contributed by atoms with Crippen LogP contribution in [0.25, 0.3) is 0 Å². The summed E-state index contributed by atoms with van der Waals surface area (Å²) < 4.78 is 0.686. The Hall–Kier alpha value is -1.10. The van der Waals surface area contributed by atoms with E-state index in [1.165, 1.54) is 19.3 Å². The molecule has 0 amide bonds. The molecule has 0 radical (unpaired) electrons. The van der Waals surface area contributed by atoms with Gasteiger partial charge in [-0.3, -0.25) is 0 Å². The summed E-state index contributed by atoms with van der Waals surface area (Å²) in [6.45, 7) is 2.19. The van der Waals surface area contributed by atoms with Gasteiger partial charge in [-0.2, -0.15) is 0 Å². The van der Waals surface area contributed by atoms with Gasteiger partial charge in [0.25, 0.3) is 0 Å². The fourth-order valence-corrected chi connectivity index (χ4v) is 3.11. The van der Waals surface area contributed by atoms with Gasteiger partial charge in [0.2, 0.25) is 0 Å². The smallest absolute Gasteiger partial charge is 0.339 e. The van der Waals surface area contributed by atoms with Crippen molar-refractivity contribution in [3.63, 3.8) is 0 Å². The molecule has 1 saturated carbocycles. The van der Waals surface area contributed by atoms with Crippen LogP contribution in [-0.4, -0.2) is 22.1 Å². The quantitative estimate of drug-likeness (QED) is 0.880. The Kier molecular flexibility index (Phi) is 4.80. The second-order valence-corrected chi connectivity index (χ2v) is 5.97. The van der Waals surface area contributed by atoms with Gasteiger partial charge in [-0.05, 0) is 40.8 Å². The van der Waals surface area contributed by atoms with Crippen molar-refractivity contribution in [1.29, 1.82) is 0 Å². The lowest BCUT2D eigenvalue weighted by Gasteiger charge is -2.32. The van der Waals surface area contributed by atoms with Gasteiger partial charge in [0.05, 0.1) is 0 Å². The van der Waals surface area contributed by atoms with Crippen molar-refractivity contribution >= 4 is 27.7 Å². The van der Waals surface area contributed by atoms with E-state index in [4.69, 9.17) is 0 Å². The van der Waals surface area contributed by atoms with Gasteiger partial charge in [-0.15, -0.1) is 0 Å². The van der Waals surface area contributed by atoms with E-state index in [2.05, 4.69) is 33.2 Å². The predicted octanol–water partition coefficient (Wildman–Crippen LogP) is 3.92. The summed E-state index contributed by atoms with van der Waals surface area (Å²) in [6, 6.07) is 1.94. The van der Waals surface area contributed by atoms with Crippen molar-refractivity contribution in [3.05, 3.63) is 22.3 Å². The van der Waals surface area contributed by atoms with Gasteiger partial charge in [0, 0.05) is 16.7 Å². The van der Waals surface area contributed by atoms with Crippen LogP contribution in [0.5, 0.6) is 0 Å². The highest BCUT2D eigenvalue weighted by Crippen LogP contribution is 2.30. The molecular weight excluding hydrogens is 308 g/mol. The number of carboxylic acid groups (broad SMARTS) is 1. The molecule has 1 aromatic rings. The predicted molar refractivity (Wildman–Crippen MR) is 78.6 cm³/mol. The first-order valence-corrected chi connectivity index (χ1v) is 7.56. The Bertz CT molecular complexity index is 465. The van der Waals surface area contributed by atoms with Crippen molar-refractivity contribution in [2.75, 3.05) is 5.32 Å². The minimum absolute atomic E-state index is 0.231. The third-order valence-electron chi connectivity index (χ3n) is 3.84. The summed E-state index contributed by atoms with van der Waals surface area (Å²) in [5.41, 5.74) is 0.231. The number of carboxylic acids is 1. The molecule has 0 bridgehead atoms. The van der Waals surface area contributed by atoms with Crippen LogP contribution >= 0.6 is 15.9 Å². The van der Waals surface area contributed by atoms with E-state index in [0.717, 1.165) is 12.8 Å². The average molecular weight is 327 g/mol. The highest BCUT2D eigenvalue weighted by molar-refractivity contribution is 9.10. The summed E-state index contributed by atoms with van der Waals surface area (Å²) in [5, 5.41) is 12.6. The SMILES string of the molecule is CCC1CCCCC1Nc1ncc(Br)cc1C(=O)O. The van der Waals surface area contributed by atoms with Gasteiger partial charge in [-0.25, -0.2) is 9.78 Å². The maximum Gasteiger partial charge on any atom is 0.339 e. The zero-order valence-corrected chi connectivity index (χ0v) is 12.6. The minimum atomic E-state index is -0.944. The number of carbonyl (C=O) groups is 1. The Labute approximate surface area is 121 Å². The van der Waals surface area contributed by atoms with E-state index in [0.29, 0.717) is 22.3 Å². The van der Waals surface area contributed by atoms with Crippen LogP contribution in [0.15, 0.2) is 16.7 Å². The lowest BCUT2D eigenvalue weighted by Crippen LogP contribution is -2.32. The molecule has 5 heteroatoms. The van der Waals surface area contributed by atoms with Gasteiger partial charge >= 0.3 is 5.97 Å². The van der Waals surface area contributed by atoms with Crippen molar-refractivity contribution in [2.45, 2.75) is 45.1 Å². The van der Waals surface area contributed by atoms with Crippen molar-refractivity contribution in [2.24, 2.45) is 5.92 Å². The number of aromatic carboxylic acids is 1. The van der Waals surface area contributed by atoms with Gasteiger partial charge in [-0.1, -0.05) is 26.2 Å². The number of nitrogens with one attached hydrogen (secondary N) is 1. The molecule has 2 unspecified atom stereocenters. The molecule has 1 aromatic heterocycles. The molecule has 104 valence electrons. The topological polar surface area (TPSA) is 62.2 Å². The van der Waals surface area contributed by atoms with Crippen molar-refractivity contribution < 1.29 is 9.90 Å².